The van der Waals surface area contributed by atoms with Crippen molar-refractivity contribution in [2.24, 2.45) is 0 Å². The molecule has 0 bridgehead atoms. The normalized spacial score (nSPS) is 13.3. The minimum absolute atomic E-state index is 0.0263. The van der Waals surface area contributed by atoms with Crippen LogP contribution >= 0.6 is 0 Å². The van der Waals surface area contributed by atoms with Crippen LogP contribution in [-0.2, 0) is 21.1 Å². The number of aryl methyl sites for hydroxylation is 2. The lowest BCUT2D eigenvalue weighted by Gasteiger charge is -2.12. The maximum absolute atomic E-state index is 11.7. The van der Waals surface area contributed by atoms with Gasteiger partial charge in [-0.1, -0.05) is 6.92 Å². The van der Waals surface area contributed by atoms with Crippen molar-refractivity contribution in [3.8, 4) is 0 Å². The highest BCUT2D eigenvalue weighted by atomic mass is 32.2. The summed E-state index contributed by atoms with van der Waals surface area (Å²) < 4.78 is 23.1. The molecule has 0 aliphatic carbocycles. The third-order valence-electron chi connectivity index (χ3n) is 3.27. The molecule has 108 valence electrons. The van der Waals surface area contributed by atoms with Crippen molar-refractivity contribution in [2.75, 3.05) is 12.3 Å². The molecule has 19 heavy (non-hydrogen) atoms. The van der Waals surface area contributed by atoms with E-state index in [4.69, 9.17) is 0 Å². The van der Waals surface area contributed by atoms with E-state index >= 15 is 0 Å². The summed E-state index contributed by atoms with van der Waals surface area (Å²) in [5, 5.41) is 8.60. The maximum Gasteiger partial charge on any atom is 0.238 e. The Balaban J connectivity index is 2.53. The predicted molar refractivity (Wildman–Crippen MR) is 73.7 cm³/mol. The Morgan fingerprint density at radius 1 is 1.42 bits per heavy atom. The van der Waals surface area contributed by atoms with E-state index < -0.39 is 21.0 Å². The number of carbonyl (C=O) groups excluding carboxylic acids is 1. The first-order valence-electron chi connectivity index (χ1n) is 6.29. The molecule has 2 N–H and O–H groups in total. The van der Waals surface area contributed by atoms with Gasteiger partial charge in [-0.2, -0.15) is 5.10 Å². The second kappa shape index (κ2) is 6.18. The zero-order valence-electron chi connectivity index (χ0n) is 11.8. The average molecular weight is 287 g/mol. The van der Waals surface area contributed by atoms with Crippen molar-refractivity contribution in [1.29, 1.82) is 0 Å². The van der Waals surface area contributed by atoms with E-state index in [1.807, 2.05) is 13.8 Å². The number of amides is 1. The fraction of sp³-hybridized carbons (Fsp3) is 0.667. The van der Waals surface area contributed by atoms with Crippen molar-refractivity contribution in [3.63, 3.8) is 0 Å². The van der Waals surface area contributed by atoms with Crippen LogP contribution in [0.5, 0.6) is 0 Å². The molecule has 0 aromatic carbocycles. The number of hydrogen-bond donors (Lipinski definition) is 2. The molecule has 1 aromatic heterocycles. The monoisotopic (exact) mass is 287 g/mol. The van der Waals surface area contributed by atoms with Gasteiger partial charge >= 0.3 is 0 Å². The highest BCUT2D eigenvalue weighted by Gasteiger charge is 2.25. The molecular formula is C12H21N3O3S. The number of carbonyl (C=O) groups is 1. The molecule has 0 radical (unpaired) electrons. The molecule has 0 aliphatic rings. The van der Waals surface area contributed by atoms with Gasteiger partial charge in [-0.15, -0.1) is 0 Å². The summed E-state index contributed by atoms with van der Waals surface area (Å²) in [6.45, 7) is 7.18. The number of rotatable bonds is 6. The van der Waals surface area contributed by atoms with Crippen LogP contribution in [0, 0.1) is 13.8 Å². The third kappa shape index (κ3) is 3.79. The van der Waals surface area contributed by atoms with E-state index in [0.29, 0.717) is 13.0 Å². The highest BCUT2D eigenvalue weighted by molar-refractivity contribution is 7.92. The fourth-order valence-electron chi connectivity index (χ4n) is 1.81. The molecule has 1 aromatic rings. The molecule has 1 atom stereocenters. The molecule has 0 aliphatic heterocycles. The van der Waals surface area contributed by atoms with E-state index in [2.05, 4.69) is 15.5 Å². The Bertz CT molecular complexity index is 529. The summed E-state index contributed by atoms with van der Waals surface area (Å²) in [6, 6.07) is 0. The van der Waals surface area contributed by atoms with E-state index in [9.17, 15) is 13.2 Å². The third-order valence-corrected chi connectivity index (χ3v) is 5.36. The standard InChI is InChI=1S/C12H21N3O3S/c1-5-19(17,18)10(4)12(16)13-7-6-11-8(2)14-15-9(11)3/h10H,5-7H2,1-4H3,(H,13,16)(H,14,15)/t10-/m1/s1. The van der Waals surface area contributed by atoms with Crippen LogP contribution in [0.15, 0.2) is 0 Å². The van der Waals surface area contributed by atoms with Crippen LogP contribution in [0.25, 0.3) is 0 Å². The topological polar surface area (TPSA) is 91.9 Å². The first-order valence-corrected chi connectivity index (χ1v) is 8.00. The molecule has 1 rings (SSSR count). The zero-order valence-corrected chi connectivity index (χ0v) is 12.6. The van der Waals surface area contributed by atoms with E-state index in [1.165, 1.54) is 13.8 Å². The summed E-state index contributed by atoms with van der Waals surface area (Å²) >= 11 is 0. The Morgan fingerprint density at radius 2 is 2.05 bits per heavy atom. The molecule has 0 spiro atoms. The zero-order chi connectivity index (χ0) is 14.6. The Labute approximate surface area is 113 Å². The van der Waals surface area contributed by atoms with Crippen LogP contribution in [0.2, 0.25) is 0 Å². The van der Waals surface area contributed by atoms with Gasteiger partial charge < -0.3 is 5.32 Å². The average Bonchev–Trinajstić information content (AvgIpc) is 2.69. The number of hydrogen-bond acceptors (Lipinski definition) is 4. The number of aromatic nitrogens is 2. The van der Waals surface area contributed by atoms with Crippen LogP contribution in [0.4, 0.5) is 0 Å². The SMILES string of the molecule is CCS(=O)(=O)[C@H](C)C(=O)NCCc1c(C)n[nH]c1C. The van der Waals surface area contributed by atoms with Gasteiger partial charge in [-0.3, -0.25) is 9.89 Å². The molecule has 0 saturated heterocycles. The second-order valence-electron chi connectivity index (χ2n) is 4.55. The predicted octanol–water partition coefficient (Wildman–Crippen LogP) is 0.508. The first-order chi connectivity index (χ1) is 8.79. The van der Waals surface area contributed by atoms with Crippen molar-refractivity contribution < 1.29 is 13.2 Å². The van der Waals surface area contributed by atoms with Gasteiger partial charge in [-0.05, 0) is 32.8 Å². The molecule has 6 nitrogen and oxygen atoms in total. The van der Waals surface area contributed by atoms with Gasteiger partial charge in [0.2, 0.25) is 5.91 Å². The van der Waals surface area contributed by atoms with Crippen LogP contribution in [0.3, 0.4) is 0 Å². The van der Waals surface area contributed by atoms with Crippen LogP contribution in [0.1, 0.15) is 30.8 Å². The molecule has 7 heteroatoms. The molecule has 0 saturated carbocycles. The fourth-order valence-corrected chi connectivity index (χ4v) is 2.72. The minimum Gasteiger partial charge on any atom is -0.355 e. The lowest BCUT2D eigenvalue weighted by molar-refractivity contribution is -0.120. The van der Waals surface area contributed by atoms with Gasteiger partial charge in [0, 0.05) is 18.0 Å². The largest absolute Gasteiger partial charge is 0.355 e. The van der Waals surface area contributed by atoms with Gasteiger partial charge in [0.1, 0.15) is 5.25 Å². The number of nitrogens with zero attached hydrogens (tertiary/aromatic N) is 1. The number of nitrogens with one attached hydrogen (secondary N) is 2. The summed E-state index contributed by atoms with van der Waals surface area (Å²) in [4.78, 5) is 11.7. The van der Waals surface area contributed by atoms with Crippen molar-refractivity contribution in [2.45, 2.75) is 39.4 Å². The summed E-state index contributed by atoms with van der Waals surface area (Å²) in [7, 11) is -3.33. The Morgan fingerprint density at radius 3 is 2.53 bits per heavy atom. The smallest absolute Gasteiger partial charge is 0.238 e. The Kier molecular flexibility index (Phi) is 5.11. The van der Waals surface area contributed by atoms with Gasteiger partial charge in [-0.25, -0.2) is 8.42 Å². The van der Waals surface area contributed by atoms with Crippen LogP contribution in [-0.4, -0.2) is 42.1 Å². The van der Waals surface area contributed by atoms with E-state index in [-0.39, 0.29) is 5.75 Å². The number of H-pyrrole nitrogens is 1. The minimum atomic E-state index is -3.33. The quantitative estimate of drug-likeness (QED) is 0.797. The molecule has 1 heterocycles. The lowest BCUT2D eigenvalue weighted by Crippen LogP contribution is -2.39. The molecular weight excluding hydrogens is 266 g/mol. The molecule has 0 fully saturated rings. The maximum atomic E-state index is 11.7. The van der Waals surface area contributed by atoms with Crippen molar-refractivity contribution in [1.82, 2.24) is 15.5 Å². The van der Waals surface area contributed by atoms with E-state index in [1.54, 1.807) is 0 Å². The summed E-state index contributed by atoms with van der Waals surface area (Å²) in [5.41, 5.74) is 2.94. The highest BCUT2D eigenvalue weighted by Crippen LogP contribution is 2.09. The molecule has 0 unspecified atom stereocenters. The summed E-state index contributed by atoms with van der Waals surface area (Å²) in [6.07, 6.45) is 0.638. The summed E-state index contributed by atoms with van der Waals surface area (Å²) in [5.74, 6) is -0.470. The van der Waals surface area contributed by atoms with Gasteiger partial charge in [0.05, 0.1) is 5.69 Å². The number of aromatic amines is 1. The van der Waals surface area contributed by atoms with Crippen LogP contribution < -0.4 is 5.32 Å². The van der Waals surface area contributed by atoms with Gasteiger partial charge in [0.15, 0.2) is 9.84 Å². The van der Waals surface area contributed by atoms with Crippen molar-refractivity contribution >= 4 is 15.7 Å². The number of sulfone groups is 1. The lowest BCUT2D eigenvalue weighted by atomic mass is 10.1. The second-order valence-corrected chi connectivity index (χ2v) is 7.16. The van der Waals surface area contributed by atoms with E-state index in [0.717, 1.165) is 17.0 Å². The van der Waals surface area contributed by atoms with Gasteiger partial charge in [0.25, 0.3) is 0 Å². The van der Waals surface area contributed by atoms with Crippen molar-refractivity contribution in [3.05, 3.63) is 17.0 Å². The first kappa shape index (κ1) is 15.7. The Hall–Kier alpha value is -1.37. The molecule has 1 amide bonds.